The molecule has 0 aromatic heterocycles. The minimum Gasteiger partial charge on any atom is -0.473 e. The van der Waals surface area contributed by atoms with Crippen molar-refractivity contribution in [3.63, 3.8) is 0 Å². The van der Waals surface area contributed by atoms with E-state index in [1.807, 2.05) is 0 Å². The molecule has 3 aliphatic rings. The maximum absolute atomic E-state index is 5.93. The van der Waals surface area contributed by atoms with Crippen LogP contribution in [0.3, 0.4) is 0 Å². The quantitative estimate of drug-likeness (QED) is 0.838. The van der Waals surface area contributed by atoms with Crippen molar-refractivity contribution in [1.82, 2.24) is 9.80 Å². The Balaban J connectivity index is 1.49. The highest BCUT2D eigenvalue weighted by molar-refractivity contribution is 5.90. The average molecular weight is 309 g/mol. The monoisotopic (exact) mass is 309 g/mol. The molecular weight excluding hydrogens is 286 g/mol. The summed E-state index contributed by atoms with van der Waals surface area (Å²) in [4.78, 5) is 9.27. The minimum absolute atomic E-state index is 0.541. The molecule has 2 fully saturated rings. The number of aryl methyl sites for hydroxylation is 1. The van der Waals surface area contributed by atoms with Gasteiger partial charge < -0.3 is 14.5 Å². The average Bonchev–Trinajstić information content (AvgIpc) is 2.94. The van der Waals surface area contributed by atoms with Crippen LogP contribution < -0.4 is 0 Å². The fourth-order valence-corrected chi connectivity index (χ4v) is 3.60. The van der Waals surface area contributed by atoms with Crippen molar-refractivity contribution in [2.75, 3.05) is 13.1 Å². The molecule has 23 heavy (non-hydrogen) atoms. The summed E-state index contributed by atoms with van der Waals surface area (Å²) in [6.45, 7) is 8.90. The van der Waals surface area contributed by atoms with Gasteiger partial charge >= 0.3 is 0 Å². The van der Waals surface area contributed by atoms with Crippen molar-refractivity contribution >= 4 is 5.90 Å². The van der Waals surface area contributed by atoms with E-state index >= 15 is 0 Å². The minimum atomic E-state index is 0.541. The van der Waals surface area contributed by atoms with Crippen LogP contribution >= 0.6 is 0 Å². The summed E-state index contributed by atoms with van der Waals surface area (Å²) in [5.74, 6) is 2.69. The molecular formula is C19H23N3O. The van der Waals surface area contributed by atoms with Gasteiger partial charge in [-0.05, 0) is 31.7 Å². The molecule has 0 saturated carbocycles. The van der Waals surface area contributed by atoms with Crippen LogP contribution in [0.4, 0.5) is 0 Å². The molecule has 0 radical (unpaired) electrons. The number of ether oxygens (including phenoxy) is 1. The lowest BCUT2D eigenvalue weighted by Gasteiger charge is -2.32. The number of piperidine rings is 1. The van der Waals surface area contributed by atoms with Gasteiger partial charge in [0.1, 0.15) is 18.2 Å². The van der Waals surface area contributed by atoms with Crippen LogP contribution in [-0.2, 0) is 11.3 Å². The molecule has 4 rings (SSSR count). The third-order valence-corrected chi connectivity index (χ3v) is 4.90. The van der Waals surface area contributed by atoms with Gasteiger partial charge in [-0.25, -0.2) is 0 Å². The molecule has 0 aliphatic carbocycles. The van der Waals surface area contributed by atoms with Crippen molar-refractivity contribution in [3.05, 3.63) is 59.7 Å². The molecule has 4 heteroatoms. The molecule has 0 amide bonds. The lowest BCUT2D eigenvalue weighted by molar-refractivity contribution is 0.234. The van der Waals surface area contributed by atoms with Crippen LogP contribution in [0.5, 0.6) is 0 Å². The highest BCUT2D eigenvalue weighted by Gasteiger charge is 2.38. The smallest absolute Gasteiger partial charge is 0.219 e. The number of nitrogens with zero attached hydrogens (tertiary/aromatic N) is 3. The third-order valence-electron chi connectivity index (χ3n) is 4.90. The second-order valence-electron chi connectivity index (χ2n) is 6.60. The molecule has 0 spiro atoms. The Hall–Kier alpha value is -2.23. The molecule has 1 aromatic rings. The number of hydrogen-bond acceptors (Lipinski definition) is 4. The van der Waals surface area contributed by atoms with Crippen molar-refractivity contribution in [2.45, 2.75) is 38.8 Å². The Labute approximate surface area is 137 Å². The van der Waals surface area contributed by atoms with Crippen molar-refractivity contribution in [2.24, 2.45) is 4.99 Å². The lowest BCUT2D eigenvalue weighted by Crippen LogP contribution is -2.34. The van der Waals surface area contributed by atoms with Crippen LogP contribution in [0.25, 0.3) is 0 Å². The topological polar surface area (TPSA) is 28.1 Å². The van der Waals surface area contributed by atoms with Crippen molar-refractivity contribution in [1.29, 1.82) is 0 Å². The fraction of sp³-hybridized carbons (Fsp3) is 0.421. The van der Waals surface area contributed by atoms with Crippen molar-refractivity contribution < 1.29 is 4.74 Å². The maximum Gasteiger partial charge on any atom is 0.219 e. The van der Waals surface area contributed by atoms with Gasteiger partial charge in [-0.1, -0.05) is 36.4 Å². The molecule has 0 bridgehead atoms. The SMILES string of the molecule is C=C1N=C(OCc2ccc(C)cc2)C=C2N1CC1CCCCN21. The second kappa shape index (κ2) is 5.76. The highest BCUT2D eigenvalue weighted by Crippen LogP contribution is 2.35. The standard InChI is InChI=1S/C19H23N3O/c1-14-6-8-16(9-7-14)13-23-18-11-19-21-10-4-3-5-17(21)12-22(19)15(2)20-18/h6-9,11,17H,2-5,10,12-13H2,1H3. The van der Waals surface area contributed by atoms with E-state index in [1.54, 1.807) is 0 Å². The predicted molar refractivity (Wildman–Crippen MR) is 91.7 cm³/mol. The maximum atomic E-state index is 5.93. The molecule has 4 nitrogen and oxygen atoms in total. The summed E-state index contributed by atoms with van der Waals surface area (Å²) in [5, 5.41) is 0. The number of benzene rings is 1. The molecule has 1 unspecified atom stereocenters. The summed E-state index contributed by atoms with van der Waals surface area (Å²) in [7, 11) is 0. The van der Waals surface area contributed by atoms with Gasteiger partial charge in [0.05, 0.1) is 0 Å². The van der Waals surface area contributed by atoms with E-state index < -0.39 is 0 Å². The third kappa shape index (κ3) is 2.74. The van der Waals surface area contributed by atoms with Gasteiger partial charge in [0.25, 0.3) is 0 Å². The first-order valence-electron chi connectivity index (χ1n) is 8.42. The van der Waals surface area contributed by atoms with E-state index in [0.29, 0.717) is 18.5 Å². The van der Waals surface area contributed by atoms with Gasteiger partial charge in [0.15, 0.2) is 0 Å². The Morgan fingerprint density at radius 2 is 2.09 bits per heavy atom. The van der Waals surface area contributed by atoms with Crippen LogP contribution in [0, 0.1) is 6.92 Å². The van der Waals surface area contributed by atoms with Gasteiger partial charge in [-0.2, -0.15) is 4.99 Å². The van der Waals surface area contributed by atoms with E-state index in [0.717, 1.165) is 24.5 Å². The molecule has 1 atom stereocenters. The zero-order valence-electron chi connectivity index (χ0n) is 13.7. The fourth-order valence-electron chi connectivity index (χ4n) is 3.60. The van der Waals surface area contributed by atoms with E-state index in [4.69, 9.17) is 4.74 Å². The first-order chi connectivity index (χ1) is 11.2. The Kier molecular flexibility index (Phi) is 3.60. The Morgan fingerprint density at radius 3 is 2.91 bits per heavy atom. The number of aliphatic imine (C=N–C) groups is 1. The number of rotatable bonds is 2. The highest BCUT2D eigenvalue weighted by atomic mass is 16.5. The van der Waals surface area contributed by atoms with Crippen LogP contribution in [0.15, 0.2) is 53.6 Å². The molecule has 0 N–H and O–H groups in total. The summed E-state index contributed by atoms with van der Waals surface area (Å²) in [6.07, 6.45) is 5.94. The summed E-state index contributed by atoms with van der Waals surface area (Å²) in [6, 6.07) is 9.02. The second-order valence-corrected chi connectivity index (χ2v) is 6.60. The van der Waals surface area contributed by atoms with E-state index in [9.17, 15) is 0 Å². The first-order valence-corrected chi connectivity index (χ1v) is 8.42. The van der Waals surface area contributed by atoms with E-state index in [1.165, 1.54) is 30.6 Å². The molecule has 3 heterocycles. The van der Waals surface area contributed by atoms with Crippen LogP contribution in [0.1, 0.15) is 30.4 Å². The molecule has 3 aliphatic heterocycles. The molecule has 1 aromatic carbocycles. The lowest BCUT2D eigenvalue weighted by atomic mass is 10.0. The van der Waals surface area contributed by atoms with Gasteiger partial charge in [-0.3, -0.25) is 0 Å². The number of hydrogen-bond donors (Lipinski definition) is 0. The van der Waals surface area contributed by atoms with Gasteiger partial charge in [0, 0.05) is 25.2 Å². The van der Waals surface area contributed by atoms with E-state index in [2.05, 4.69) is 58.6 Å². The molecule has 2 saturated heterocycles. The Bertz CT molecular complexity index is 674. The molecule has 120 valence electrons. The predicted octanol–water partition coefficient (Wildman–Crippen LogP) is 3.41. The van der Waals surface area contributed by atoms with Gasteiger partial charge in [-0.15, -0.1) is 0 Å². The van der Waals surface area contributed by atoms with E-state index in [-0.39, 0.29) is 0 Å². The van der Waals surface area contributed by atoms with Crippen molar-refractivity contribution in [3.8, 4) is 0 Å². The van der Waals surface area contributed by atoms with Crippen LogP contribution in [0.2, 0.25) is 0 Å². The summed E-state index contributed by atoms with van der Waals surface area (Å²) < 4.78 is 5.93. The normalized spacial score (nSPS) is 23.2. The van der Waals surface area contributed by atoms with Crippen LogP contribution in [-0.4, -0.2) is 34.8 Å². The van der Waals surface area contributed by atoms with Gasteiger partial charge in [0.2, 0.25) is 5.90 Å². The first kappa shape index (κ1) is 14.4. The largest absolute Gasteiger partial charge is 0.473 e. The Morgan fingerprint density at radius 1 is 1.26 bits per heavy atom. The summed E-state index contributed by atoms with van der Waals surface area (Å²) in [5.41, 5.74) is 2.42. The zero-order valence-corrected chi connectivity index (χ0v) is 13.7. The number of fused-ring (bicyclic) bond motifs is 3. The summed E-state index contributed by atoms with van der Waals surface area (Å²) >= 11 is 0. The zero-order chi connectivity index (χ0) is 15.8.